The highest BCUT2D eigenvalue weighted by Gasteiger charge is 2.00. The Hall–Kier alpha value is -0.490. The van der Waals surface area contributed by atoms with Gasteiger partial charge in [-0.15, -0.1) is 0 Å². The van der Waals surface area contributed by atoms with Gasteiger partial charge in [-0.2, -0.15) is 0 Å². The van der Waals surface area contributed by atoms with Gasteiger partial charge in [0.1, 0.15) is 4.47 Å². The molecule has 0 saturated carbocycles. The van der Waals surface area contributed by atoms with Gasteiger partial charge in [0.25, 0.3) is 5.56 Å². The Bertz CT molecular complexity index is 377. The number of halogens is 1. The van der Waals surface area contributed by atoms with Gasteiger partial charge in [0.2, 0.25) is 0 Å². The highest BCUT2D eigenvalue weighted by Crippen LogP contribution is 1.97. The van der Waals surface area contributed by atoms with Crippen LogP contribution in [-0.2, 0) is 17.3 Å². The number of aromatic nitrogens is 2. The standard InChI is InChI=1S/C7H9BrN2O2S/c1-13(12)3-2-10-5-9-4-6(8)7(10)11/h4-5H,2-3H2,1H3. The lowest BCUT2D eigenvalue weighted by Crippen LogP contribution is -2.23. The lowest BCUT2D eigenvalue weighted by molar-refractivity contribution is 0.667. The highest BCUT2D eigenvalue weighted by atomic mass is 79.9. The molecule has 0 aliphatic heterocycles. The maximum absolute atomic E-state index is 11.4. The van der Waals surface area contributed by atoms with Crippen molar-refractivity contribution in [3.8, 4) is 0 Å². The largest absolute Gasteiger partial charge is 0.297 e. The molecule has 0 radical (unpaired) electrons. The van der Waals surface area contributed by atoms with Crippen molar-refractivity contribution in [2.45, 2.75) is 6.54 Å². The molecule has 0 fully saturated rings. The Balaban J connectivity index is 2.84. The minimum Gasteiger partial charge on any atom is -0.297 e. The van der Waals surface area contributed by atoms with E-state index in [1.54, 1.807) is 6.26 Å². The minimum absolute atomic E-state index is 0.138. The lowest BCUT2D eigenvalue weighted by Gasteiger charge is -2.02. The van der Waals surface area contributed by atoms with Crippen molar-refractivity contribution in [2.75, 3.05) is 12.0 Å². The number of aryl methyl sites for hydroxylation is 1. The number of nitrogens with zero attached hydrogens (tertiary/aromatic N) is 2. The molecule has 0 aliphatic carbocycles. The number of hydrogen-bond acceptors (Lipinski definition) is 3. The highest BCUT2D eigenvalue weighted by molar-refractivity contribution is 9.10. The van der Waals surface area contributed by atoms with Crippen LogP contribution >= 0.6 is 15.9 Å². The van der Waals surface area contributed by atoms with E-state index in [1.165, 1.54) is 17.1 Å². The minimum atomic E-state index is -0.884. The van der Waals surface area contributed by atoms with E-state index in [9.17, 15) is 9.00 Å². The predicted octanol–water partition coefficient (Wildman–Crippen LogP) is 0.384. The zero-order valence-corrected chi connectivity index (χ0v) is 9.47. The molecule has 0 N–H and O–H groups in total. The van der Waals surface area contributed by atoms with Crippen molar-refractivity contribution >= 4 is 26.7 Å². The van der Waals surface area contributed by atoms with Gasteiger partial charge >= 0.3 is 0 Å². The van der Waals surface area contributed by atoms with Gasteiger partial charge in [0.15, 0.2) is 0 Å². The Morgan fingerprint density at radius 1 is 1.69 bits per heavy atom. The Morgan fingerprint density at radius 2 is 2.38 bits per heavy atom. The molecule has 13 heavy (non-hydrogen) atoms. The fourth-order valence-corrected chi connectivity index (χ4v) is 1.61. The van der Waals surface area contributed by atoms with Crippen LogP contribution in [0.3, 0.4) is 0 Å². The first-order chi connectivity index (χ1) is 6.11. The number of hydrogen-bond donors (Lipinski definition) is 0. The third-order valence-corrected chi connectivity index (χ3v) is 2.78. The average Bonchev–Trinajstić information content (AvgIpc) is 2.07. The Labute approximate surface area is 86.6 Å². The summed E-state index contributed by atoms with van der Waals surface area (Å²) < 4.78 is 12.6. The van der Waals surface area contributed by atoms with E-state index in [0.717, 1.165) is 0 Å². The van der Waals surface area contributed by atoms with Crippen molar-refractivity contribution < 1.29 is 4.21 Å². The molecular formula is C7H9BrN2O2S. The normalized spacial score (nSPS) is 12.8. The zero-order chi connectivity index (χ0) is 9.84. The first kappa shape index (κ1) is 10.6. The zero-order valence-electron chi connectivity index (χ0n) is 7.07. The SMILES string of the molecule is CS(=O)CCn1cncc(Br)c1=O. The van der Waals surface area contributed by atoms with Crippen LogP contribution in [-0.4, -0.2) is 25.8 Å². The Morgan fingerprint density at radius 3 is 3.00 bits per heavy atom. The molecule has 0 saturated heterocycles. The van der Waals surface area contributed by atoms with Crippen LogP contribution in [0.1, 0.15) is 0 Å². The summed E-state index contributed by atoms with van der Waals surface area (Å²) in [5.74, 6) is 0.470. The van der Waals surface area contributed by atoms with E-state index in [4.69, 9.17) is 0 Å². The van der Waals surface area contributed by atoms with Gasteiger partial charge in [-0.05, 0) is 15.9 Å². The number of rotatable bonds is 3. The van der Waals surface area contributed by atoms with E-state index in [-0.39, 0.29) is 5.56 Å². The maximum Gasteiger partial charge on any atom is 0.267 e. The van der Waals surface area contributed by atoms with Crippen LogP contribution in [0.4, 0.5) is 0 Å². The van der Waals surface area contributed by atoms with Crippen molar-refractivity contribution in [3.05, 3.63) is 27.4 Å². The van der Waals surface area contributed by atoms with Crippen LogP contribution < -0.4 is 5.56 Å². The maximum atomic E-state index is 11.4. The molecule has 6 heteroatoms. The lowest BCUT2D eigenvalue weighted by atomic mass is 10.6. The summed E-state index contributed by atoms with van der Waals surface area (Å²) in [4.78, 5) is 15.2. The summed E-state index contributed by atoms with van der Waals surface area (Å²) in [6.07, 6.45) is 4.50. The topological polar surface area (TPSA) is 52.0 Å². The average molecular weight is 265 g/mol. The van der Waals surface area contributed by atoms with E-state index in [2.05, 4.69) is 20.9 Å². The van der Waals surface area contributed by atoms with Crippen molar-refractivity contribution in [1.29, 1.82) is 0 Å². The van der Waals surface area contributed by atoms with Gasteiger partial charge in [0, 0.05) is 35.5 Å². The third-order valence-electron chi connectivity index (χ3n) is 1.48. The van der Waals surface area contributed by atoms with E-state index in [0.29, 0.717) is 16.8 Å². The second kappa shape index (κ2) is 4.66. The van der Waals surface area contributed by atoms with Crippen LogP contribution in [0.15, 0.2) is 21.8 Å². The fourth-order valence-electron chi connectivity index (χ4n) is 0.810. The Kier molecular flexibility index (Phi) is 3.80. The molecule has 1 atom stereocenters. The molecular weight excluding hydrogens is 256 g/mol. The molecule has 0 aliphatic rings. The summed E-state index contributed by atoms with van der Waals surface area (Å²) in [5, 5.41) is 0. The first-order valence-electron chi connectivity index (χ1n) is 3.61. The molecule has 4 nitrogen and oxygen atoms in total. The molecule has 1 unspecified atom stereocenters. The van der Waals surface area contributed by atoms with Gasteiger partial charge in [-0.1, -0.05) is 0 Å². The van der Waals surface area contributed by atoms with Crippen LogP contribution in [0.5, 0.6) is 0 Å². The molecule has 0 aromatic carbocycles. The van der Waals surface area contributed by atoms with Crippen molar-refractivity contribution in [1.82, 2.24) is 9.55 Å². The molecule has 1 aromatic heterocycles. The van der Waals surface area contributed by atoms with Gasteiger partial charge in [0.05, 0.1) is 6.33 Å². The summed E-state index contributed by atoms with van der Waals surface area (Å²) in [6.45, 7) is 0.439. The monoisotopic (exact) mass is 264 g/mol. The van der Waals surface area contributed by atoms with Crippen LogP contribution in [0, 0.1) is 0 Å². The molecule has 0 spiro atoms. The second-order valence-electron chi connectivity index (χ2n) is 2.52. The summed E-state index contributed by atoms with van der Waals surface area (Å²) in [6, 6.07) is 0. The van der Waals surface area contributed by atoms with Gasteiger partial charge < -0.3 is 0 Å². The summed E-state index contributed by atoms with van der Waals surface area (Å²) >= 11 is 3.08. The van der Waals surface area contributed by atoms with Crippen molar-refractivity contribution in [2.24, 2.45) is 0 Å². The molecule has 72 valence electrons. The van der Waals surface area contributed by atoms with Crippen molar-refractivity contribution in [3.63, 3.8) is 0 Å². The molecule has 1 rings (SSSR count). The van der Waals surface area contributed by atoms with Gasteiger partial charge in [-0.3, -0.25) is 13.6 Å². The van der Waals surface area contributed by atoms with Crippen LogP contribution in [0.25, 0.3) is 0 Å². The third kappa shape index (κ3) is 3.04. The predicted molar refractivity (Wildman–Crippen MR) is 55.1 cm³/mol. The second-order valence-corrected chi connectivity index (χ2v) is 4.93. The molecule has 0 amide bonds. The molecule has 1 aromatic rings. The van der Waals surface area contributed by atoms with E-state index < -0.39 is 10.8 Å². The van der Waals surface area contributed by atoms with Gasteiger partial charge in [-0.25, -0.2) is 4.98 Å². The summed E-state index contributed by atoms with van der Waals surface area (Å²) in [5.41, 5.74) is -0.138. The quantitative estimate of drug-likeness (QED) is 0.794. The molecule has 0 bridgehead atoms. The van der Waals surface area contributed by atoms with E-state index in [1.807, 2.05) is 0 Å². The van der Waals surface area contributed by atoms with Crippen LogP contribution in [0.2, 0.25) is 0 Å². The first-order valence-corrected chi connectivity index (χ1v) is 6.13. The summed E-state index contributed by atoms with van der Waals surface area (Å²) in [7, 11) is -0.884. The fraction of sp³-hybridized carbons (Fsp3) is 0.429. The smallest absolute Gasteiger partial charge is 0.267 e. The van der Waals surface area contributed by atoms with E-state index >= 15 is 0 Å². The molecule has 1 heterocycles.